The van der Waals surface area contributed by atoms with Crippen molar-refractivity contribution in [3.8, 4) is 0 Å². The number of methoxy groups -OCH3 is 1. The summed E-state index contributed by atoms with van der Waals surface area (Å²) in [7, 11) is 1.83. The second-order valence-electron chi connectivity index (χ2n) is 6.26. The van der Waals surface area contributed by atoms with Gasteiger partial charge in [-0.2, -0.15) is 0 Å². The molecular weight excluding hydrogens is 224 g/mol. The van der Waals surface area contributed by atoms with Crippen LogP contribution in [0.1, 0.15) is 45.4 Å². The van der Waals surface area contributed by atoms with Gasteiger partial charge in [-0.15, -0.1) is 0 Å². The molecule has 2 fully saturated rings. The molecule has 2 rings (SSSR count). The molecule has 0 aliphatic carbocycles. The lowest BCUT2D eigenvalue weighted by atomic mass is 9.89. The van der Waals surface area contributed by atoms with Gasteiger partial charge in [-0.1, -0.05) is 13.3 Å². The number of nitrogens with one attached hydrogen (secondary N) is 1. The topological polar surface area (TPSA) is 24.5 Å². The highest BCUT2D eigenvalue weighted by molar-refractivity contribution is 4.96. The summed E-state index contributed by atoms with van der Waals surface area (Å²) in [6.45, 7) is 8.24. The average Bonchev–Trinajstić information content (AvgIpc) is 2.79. The van der Waals surface area contributed by atoms with Gasteiger partial charge >= 0.3 is 0 Å². The quantitative estimate of drug-likeness (QED) is 0.787. The SMILES string of the molecule is CCCC1(CN2CCCC(COC)C2)CCCN1. The Morgan fingerprint density at radius 2 is 2.28 bits per heavy atom. The predicted molar refractivity (Wildman–Crippen MR) is 75.9 cm³/mol. The largest absolute Gasteiger partial charge is 0.384 e. The molecule has 0 bridgehead atoms. The zero-order valence-electron chi connectivity index (χ0n) is 12.2. The van der Waals surface area contributed by atoms with Gasteiger partial charge in [0.2, 0.25) is 0 Å². The first-order valence-corrected chi connectivity index (χ1v) is 7.74. The minimum Gasteiger partial charge on any atom is -0.384 e. The second-order valence-corrected chi connectivity index (χ2v) is 6.26. The zero-order chi connectivity index (χ0) is 12.8. The van der Waals surface area contributed by atoms with E-state index >= 15 is 0 Å². The molecule has 3 nitrogen and oxygen atoms in total. The third-order valence-corrected chi connectivity index (χ3v) is 4.59. The molecule has 2 atom stereocenters. The summed E-state index contributed by atoms with van der Waals surface area (Å²) in [5, 5.41) is 3.79. The van der Waals surface area contributed by atoms with Crippen molar-refractivity contribution in [3.63, 3.8) is 0 Å². The van der Waals surface area contributed by atoms with Crippen molar-refractivity contribution in [2.75, 3.05) is 39.9 Å². The van der Waals surface area contributed by atoms with Crippen LogP contribution in [0.25, 0.3) is 0 Å². The van der Waals surface area contributed by atoms with Crippen LogP contribution in [0.3, 0.4) is 0 Å². The molecule has 0 aromatic heterocycles. The number of piperidine rings is 1. The Morgan fingerprint density at radius 1 is 1.39 bits per heavy atom. The van der Waals surface area contributed by atoms with Crippen molar-refractivity contribution in [1.82, 2.24) is 10.2 Å². The van der Waals surface area contributed by atoms with Gasteiger partial charge in [-0.3, -0.25) is 0 Å². The van der Waals surface area contributed by atoms with E-state index in [2.05, 4.69) is 17.1 Å². The van der Waals surface area contributed by atoms with Crippen LogP contribution in [-0.4, -0.2) is 50.3 Å². The third-order valence-electron chi connectivity index (χ3n) is 4.59. The lowest BCUT2D eigenvalue weighted by Crippen LogP contribution is -2.52. The molecule has 0 amide bonds. The second kappa shape index (κ2) is 6.88. The molecular formula is C15H30N2O. The van der Waals surface area contributed by atoms with Gasteiger partial charge in [0.25, 0.3) is 0 Å². The van der Waals surface area contributed by atoms with Gasteiger partial charge in [0.05, 0.1) is 6.61 Å². The minimum absolute atomic E-state index is 0.420. The molecule has 18 heavy (non-hydrogen) atoms. The van der Waals surface area contributed by atoms with E-state index in [9.17, 15) is 0 Å². The highest BCUT2D eigenvalue weighted by Crippen LogP contribution is 2.28. The summed E-state index contributed by atoms with van der Waals surface area (Å²) in [6, 6.07) is 0. The highest BCUT2D eigenvalue weighted by Gasteiger charge is 2.35. The number of rotatable bonds is 6. The monoisotopic (exact) mass is 254 g/mol. The first-order chi connectivity index (χ1) is 8.78. The highest BCUT2D eigenvalue weighted by atomic mass is 16.5. The van der Waals surface area contributed by atoms with Crippen molar-refractivity contribution in [2.45, 2.75) is 51.0 Å². The van der Waals surface area contributed by atoms with Gasteiger partial charge in [0.1, 0.15) is 0 Å². The molecule has 0 saturated carbocycles. The Hall–Kier alpha value is -0.120. The Labute approximate surface area is 112 Å². The van der Waals surface area contributed by atoms with Gasteiger partial charge in [0.15, 0.2) is 0 Å². The van der Waals surface area contributed by atoms with Crippen molar-refractivity contribution in [3.05, 3.63) is 0 Å². The molecule has 0 spiro atoms. The summed E-state index contributed by atoms with van der Waals surface area (Å²) < 4.78 is 5.33. The maximum absolute atomic E-state index is 5.33. The molecule has 2 saturated heterocycles. The van der Waals surface area contributed by atoms with Crippen LogP contribution in [0.5, 0.6) is 0 Å². The van der Waals surface area contributed by atoms with Crippen LogP contribution in [0.4, 0.5) is 0 Å². The normalized spacial score (nSPS) is 34.0. The van der Waals surface area contributed by atoms with Crippen LogP contribution in [0, 0.1) is 5.92 Å². The summed E-state index contributed by atoms with van der Waals surface area (Å²) in [5.41, 5.74) is 0.420. The van der Waals surface area contributed by atoms with E-state index in [0.717, 1.165) is 12.5 Å². The molecule has 0 aromatic rings. The smallest absolute Gasteiger partial charge is 0.0502 e. The summed E-state index contributed by atoms with van der Waals surface area (Å²) in [5.74, 6) is 0.754. The van der Waals surface area contributed by atoms with Gasteiger partial charge in [0, 0.05) is 25.7 Å². The summed E-state index contributed by atoms with van der Waals surface area (Å²) >= 11 is 0. The Morgan fingerprint density at radius 3 is 2.94 bits per heavy atom. The molecule has 2 aliphatic heterocycles. The fourth-order valence-corrected chi connectivity index (χ4v) is 3.87. The van der Waals surface area contributed by atoms with Crippen molar-refractivity contribution >= 4 is 0 Å². The molecule has 3 heteroatoms. The zero-order valence-corrected chi connectivity index (χ0v) is 12.2. The molecule has 0 radical (unpaired) electrons. The fraction of sp³-hybridized carbons (Fsp3) is 1.00. The van der Waals surface area contributed by atoms with E-state index < -0.39 is 0 Å². The Kier molecular flexibility index (Phi) is 5.46. The van der Waals surface area contributed by atoms with Crippen molar-refractivity contribution in [1.29, 1.82) is 0 Å². The lowest BCUT2D eigenvalue weighted by molar-refractivity contribution is 0.0739. The molecule has 0 aromatic carbocycles. The van der Waals surface area contributed by atoms with E-state index in [-0.39, 0.29) is 0 Å². The number of hydrogen-bond donors (Lipinski definition) is 1. The van der Waals surface area contributed by atoms with E-state index in [4.69, 9.17) is 4.74 Å². The van der Waals surface area contributed by atoms with Gasteiger partial charge < -0.3 is 15.0 Å². The number of likely N-dealkylation sites (tertiary alicyclic amines) is 1. The molecule has 2 aliphatic rings. The average molecular weight is 254 g/mol. The van der Waals surface area contributed by atoms with E-state index in [1.165, 1.54) is 64.7 Å². The lowest BCUT2D eigenvalue weighted by Gasteiger charge is -2.39. The standard InChI is InChI=1S/C15H30N2O/c1-3-7-15(8-5-9-16-15)13-17-10-4-6-14(11-17)12-18-2/h14,16H,3-13H2,1-2H3. The molecule has 106 valence electrons. The third kappa shape index (κ3) is 3.69. The number of ether oxygens (including phenoxy) is 1. The Bertz CT molecular complexity index is 237. The van der Waals surface area contributed by atoms with Crippen LogP contribution >= 0.6 is 0 Å². The number of nitrogens with zero attached hydrogens (tertiary/aromatic N) is 1. The van der Waals surface area contributed by atoms with Gasteiger partial charge in [-0.25, -0.2) is 0 Å². The number of hydrogen-bond acceptors (Lipinski definition) is 3. The summed E-state index contributed by atoms with van der Waals surface area (Å²) in [6.07, 6.45) is 8.04. The van der Waals surface area contributed by atoms with E-state index in [1.807, 2.05) is 7.11 Å². The first kappa shape index (κ1) is 14.3. The molecule has 1 N–H and O–H groups in total. The predicted octanol–water partition coefficient (Wildman–Crippen LogP) is 2.27. The maximum Gasteiger partial charge on any atom is 0.0502 e. The Balaban J connectivity index is 1.86. The summed E-state index contributed by atoms with van der Waals surface area (Å²) in [4.78, 5) is 2.68. The minimum atomic E-state index is 0.420. The maximum atomic E-state index is 5.33. The van der Waals surface area contributed by atoms with Crippen molar-refractivity contribution in [2.24, 2.45) is 5.92 Å². The van der Waals surface area contributed by atoms with Crippen molar-refractivity contribution < 1.29 is 4.74 Å². The van der Waals surface area contributed by atoms with Crippen LogP contribution in [0.2, 0.25) is 0 Å². The van der Waals surface area contributed by atoms with E-state index in [0.29, 0.717) is 5.54 Å². The van der Waals surface area contributed by atoms with Crippen LogP contribution in [-0.2, 0) is 4.74 Å². The molecule has 2 unspecified atom stereocenters. The van der Waals surface area contributed by atoms with Gasteiger partial charge in [-0.05, 0) is 51.1 Å². The fourth-order valence-electron chi connectivity index (χ4n) is 3.87. The van der Waals surface area contributed by atoms with Crippen LogP contribution < -0.4 is 5.32 Å². The first-order valence-electron chi connectivity index (χ1n) is 7.74. The molecule has 2 heterocycles. The van der Waals surface area contributed by atoms with Crippen LogP contribution in [0.15, 0.2) is 0 Å². The van der Waals surface area contributed by atoms with E-state index in [1.54, 1.807) is 0 Å².